The number of ether oxygens (including phenoxy) is 1. The van der Waals surface area contributed by atoms with E-state index >= 15 is 0 Å². The average molecular weight is 377 g/mol. The molecule has 4 nitrogen and oxygen atoms in total. The Labute approximate surface area is 162 Å². The number of benzene rings is 2. The molecule has 0 aliphatic carbocycles. The van der Waals surface area contributed by atoms with Gasteiger partial charge in [-0.15, -0.1) is 12.4 Å². The topological polar surface area (TPSA) is 55.6 Å². The Hall–Kier alpha value is -2.04. The zero-order valence-electron chi connectivity index (χ0n) is 15.6. The summed E-state index contributed by atoms with van der Waals surface area (Å²) in [7, 11) is 1.84. The van der Waals surface area contributed by atoms with Gasteiger partial charge in [0.1, 0.15) is 11.9 Å². The summed E-state index contributed by atoms with van der Waals surface area (Å²) in [6.07, 6.45) is 1.88. The van der Waals surface area contributed by atoms with E-state index in [1.165, 1.54) is 5.56 Å². The lowest BCUT2D eigenvalue weighted by Crippen LogP contribution is -2.29. The van der Waals surface area contributed by atoms with E-state index in [0.717, 1.165) is 24.2 Å². The van der Waals surface area contributed by atoms with Crippen LogP contribution in [0.5, 0.6) is 5.75 Å². The summed E-state index contributed by atoms with van der Waals surface area (Å²) in [5, 5.41) is 0. The molecule has 142 valence electrons. The molecule has 1 atom stereocenters. The van der Waals surface area contributed by atoms with Gasteiger partial charge >= 0.3 is 0 Å². The number of halogens is 1. The van der Waals surface area contributed by atoms with Crippen molar-refractivity contribution in [3.8, 4) is 5.75 Å². The van der Waals surface area contributed by atoms with Crippen LogP contribution in [0.15, 0.2) is 54.6 Å². The van der Waals surface area contributed by atoms with Gasteiger partial charge in [-0.25, -0.2) is 0 Å². The van der Waals surface area contributed by atoms with Gasteiger partial charge in [0, 0.05) is 26.4 Å². The molecule has 1 unspecified atom stereocenters. The number of carbonyl (C=O) groups excluding carboxylic acids is 1. The van der Waals surface area contributed by atoms with Crippen LogP contribution in [0.4, 0.5) is 0 Å². The fourth-order valence-electron chi connectivity index (χ4n) is 2.62. The Morgan fingerprint density at radius 2 is 1.77 bits per heavy atom. The number of rotatable bonds is 9. The highest BCUT2D eigenvalue weighted by Gasteiger charge is 2.16. The minimum Gasteiger partial charge on any atom is -0.486 e. The van der Waals surface area contributed by atoms with Gasteiger partial charge in [-0.1, -0.05) is 48.0 Å². The molecule has 0 aromatic heterocycles. The first-order chi connectivity index (χ1) is 12.1. The first-order valence-corrected chi connectivity index (χ1v) is 8.82. The third-order valence-electron chi connectivity index (χ3n) is 4.22. The van der Waals surface area contributed by atoms with Crippen LogP contribution in [-0.4, -0.2) is 30.9 Å². The van der Waals surface area contributed by atoms with Crippen molar-refractivity contribution in [3.05, 3.63) is 65.7 Å². The summed E-state index contributed by atoms with van der Waals surface area (Å²) in [4.78, 5) is 13.8. The summed E-state index contributed by atoms with van der Waals surface area (Å²) in [5.74, 6) is 0.976. The molecule has 0 bridgehead atoms. The van der Waals surface area contributed by atoms with Crippen LogP contribution in [-0.2, 0) is 4.79 Å². The number of nitrogens with zero attached hydrogens (tertiary/aromatic N) is 1. The van der Waals surface area contributed by atoms with Crippen molar-refractivity contribution in [2.45, 2.75) is 32.3 Å². The maximum Gasteiger partial charge on any atom is 0.222 e. The van der Waals surface area contributed by atoms with Crippen LogP contribution < -0.4 is 10.5 Å². The molecule has 0 saturated carbocycles. The second kappa shape index (κ2) is 11.6. The second-order valence-electron chi connectivity index (χ2n) is 6.33. The Morgan fingerprint density at radius 1 is 1.12 bits per heavy atom. The van der Waals surface area contributed by atoms with Crippen LogP contribution in [0.3, 0.4) is 0 Å². The van der Waals surface area contributed by atoms with E-state index in [4.69, 9.17) is 10.5 Å². The van der Waals surface area contributed by atoms with E-state index in [2.05, 4.69) is 19.1 Å². The van der Waals surface area contributed by atoms with Crippen molar-refractivity contribution in [3.63, 3.8) is 0 Å². The van der Waals surface area contributed by atoms with Crippen molar-refractivity contribution >= 4 is 18.3 Å². The smallest absolute Gasteiger partial charge is 0.222 e. The highest BCUT2D eigenvalue weighted by molar-refractivity contribution is 5.85. The lowest BCUT2D eigenvalue weighted by molar-refractivity contribution is -0.130. The van der Waals surface area contributed by atoms with Gasteiger partial charge in [-0.3, -0.25) is 4.79 Å². The van der Waals surface area contributed by atoms with Gasteiger partial charge in [-0.2, -0.15) is 0 Å². The van der Waals surface area contributed by atoms with Crippen molar-refractivity contribution in [1.82, 2.24) is 4.90 Å². The van der Waals surface area contributed by atoms with E-state index in [1.807, 2.05) is 49.5 Å². The lowest BCUT2D eigenvalue weighted by Gasteiger charge is -2.23. The van der Waals surface area contributed by atoms with E-state index in [-0.39, 0.29) is 24.4 Å². The maximum atomic E-state index is 12.1. The van der Waals surface area contributed by atoms with Crippen LogP contribution >= 0.6 is 12.4 Å². The van der Waals surface area contributed by atoms with Crippen LogP contribution in [0, 0.1) is 6.92 Å². The molecule has 0 heterocycles. The van der Waals surface area contributed by atoms with E-state index in [9.17, 15) is 4.79 Å². The van der Waals surface area contributed by atoms with Crippen molar-refractivity contribution in [2.24, 2.45) is 5.73 Å². The zero-order chi connectivity index (χ0) is 18.1. The molecule has 0 fully saturated rings. The molecule has 0 saturated heterocycles. The molecule has 0 aliphatic heterocycles. The third-order valence-corrected chi connectivity index (χ3v) is 4.22. The monoisotopic (exact) mass is 376 g/mol. The Morgan fingerprint density at radius 3 is 2.38 bits per heavy atom. The Balaban J connectivity index is 0.00000338. The van der Waals surface area contributed by atoms with Gasteiger partial charge in [-0.05, 0) is 37.6 Å². The van der Waals surface area contributed by atoms with Gasteiger partial charge in [0.05, 0.1) is 0 Å². The largest absolute Gasteiger partial charge is 0.486 e. The summed E-state index contributed by atoms with van der Waals surface area (Å²) in [5.41, 5.74) is 7.80. The molecule has 0 aliphatic rings. The number of hydrogen-bond acceptors (Lipinski definition) is 3. The van der Waals surface area contributed by atoms with E-state index in [0.29, 0.717) is 19.5 Å². The van der Waals surface area contributed by atoms with Gasteiger partial charge < -0.3 is 15.4 Å². The van der Waals surface area contributed by atoms with Crippen molar-refractivity contribution in [2.75, 3.05) is 20.1 Å². The molecule has 2 aromatic carbocycles. The standard InChI is InChI=1S/C21H28N2O2.ClH/c1-17-10-12-19(13-11-17)25-20(18-7-4-3-5-8-18)14-16-23(2)21(24)9-6-15-22;/h3-5,7-8,10-13,20H,6,9,14-16,22H2,1-2H3;1H. The minimum absolute atomic E-state index is 0. The molecular weight excluding hydrogens is 348 g/mol. The minimum atomic E-state index is -0.0892. The molecular formula is C21H29ClN2O2. The zero-order valence-corrected chi connectivity index (χ0v) is 16.4. The highest BCUT2D eigenvalue weighted by Crippen LogP contribution is 2.25. The first-order valence-electron chi connectivity index (χ1n) is 8.82. The maximum absolute atomic E-state index is 12.1. The fourth-order valence-corrected chi connectivity index (χ4v) is 2.62. The SMILES string of the molecule is Cc1ccc(OC(CCN(C)C(=O)CCCN)c2ccccc2)cc1.Cl. The number of aryl methyl sites for hydroxylation is 1. The molecule has 2 aromatic rings. The Kier molecular flexibility index (Phi) is 9.78. The van der Waals surface area contributed by atoms with Gasteiger partial charge in [0.15, 0.2) is 0 Å². The van der Waals surface area contributed by atoms with E-state index in [1.54, 1.807) is 4.90 Å². The molecule has 1 amide bonds. The summed E-state index contributed by atoms with van der Waals surface area (Å²) < 4.78 is 6.21. The average Bonchev–Trinajstić information content (AvgIpc) is 2.65. The molecule has 5 heteroatoms. The van der Waals surface area contributed by atoms with Gasteiger partial charge in [0.2, 0.25) is 5.91 Å². The molecule has 2 rings (SSSR count). The second-order valence-corrected chi connectivity index (χ2v) is 6.33. The van der Waals surface area contributed by atoms with Crippen LogP contribution in [0.2, 0.25) is 0 Å². The quantitative estimate of drug-likeness (QED) is 0.716. The number of hydrogen-bond donors (Lipinski definition) is 1. The number of carbonyl (C=O) groups is 1. The molecule has 26 heavy (non-hydrogen) atoms. The molecule has 0 radical (unpaired) electrons. The first kappa shape index (κ1) is 22.0. The lowest BCUT2D eigenvalue weighted by atomic mass is 10.1. The highest BCUT2D eigenvalue weighted by atomic mass is 35.5. The van der Waals surface area contributed by atoms with Crippen LogP contribution in [0.1, 0.15) is 36.5 Å². The summed E-state index contributed by atoms with van der Waals surface area (Å²) in [6, 6.07) is 18.2. The summed E-state index contributed by atoms with van der Waals surface area (Å²) >= 11 is 0. The molecule has 2 N–H and O–H groups in total. The number of amides is 1. The number of nitrogens with two attached hydrogens (primary N) is 1. The van der Waals surface area contributed by atoms with Crippen molar-refractivity contribution in [1.29, 1.82) is 0 Å². The van der Waals surface area contributed by atoms with Crippen LogP contribution in [0.25, 0.3) is 0 Å². The molecule has 0 spiro atoms. The normalized spacial score (nSPS) is 11.3. The Bertz CT molecular complexity index is 647. The predicted octanol–water partition coefficient (Wildman–Crippen LogP) is 4.12. The van der Waals surface area contributed by atoms with Crippen molar-refractivity contribution < 1.29 is 9.53 Å². The van der Waals surface area contributed by atoms with E-state index < -0.39 is 0 Å². The summed E-state index contributed by atoms with van der Waals surface area (Å²) in [6.45, 7) is 3.25. The predicted molar refractivity (Wildman–Crippen MR) is 109 cm³/mol. The third kappa shape index (κ3) is 7.06. The fraction of sp³-hybridized carbons (Fsp3) is 0.381. The van der Waals surface area contributed by atoms with Gasteiger partial charge in [0.25, 0.3) is 0 Å².